The Hall–Kier alpha value is -2.39. The van der Waals surface area contributed by atoms with Crippen molar-refractivity contribution >= 4 is 24.4 Å². The number of anilines is 2. The third kappa shape index (κ3) is 6.57. The molecule has 0 saturated carbocycles. The lowest BCUT2D eigenvalue weighted by molar-refractivity contribution is 0.401. The fourth-order valence-corrected chi connectivity index (χ4v) is 3.30. The van der Waals surface area contributed by atoms with Gasteiger partial charge in [-0.05, 0) is 56.1 Å². The van der Waals surface area contributed by atoms with Crippen LogP contribution in [0.4, 0.5) is 11.8 Å². The Labute approximate surface area is 181 Å². The van der Waals surface area contributed by atoms with Crippen LogP contribution in [0.2, 0.25) is 0 Å². The minimum atomic E-state index is 0.0237. The number of nitrogens with two attached hydrogens (primary N) is 2. The van der Waals surface area contributed by atoms with E-state index in [1.807, 2.05) is 6.92 Å². The molecule has 158 valence electrons. The molecule has 0 bridgehead atoms. The van der Waals surface area contributed by atoms with Gasteiger partial charge in [0.15, 0.2) is 0 Å². The van der Waals surface area contributed by atoms with Gasteiger partial charge in [-0.25, -0.2) is 4.98 Å². The lowest BCUT2D eigenvalue weighted by atomic mass is 9.89. The number of nitrogen functional groups attached to an aromatic ring is 2. The van der Waals surface area contributed by atoms with Crippen molar-refractivity contribution in [3.8, 4) is 17.6 Å². The fraction of sp³-hybridized carbons (Fsp3) is 0.478. The maximum atomic E-state index is 5.94. The Bertz CT molecular complexity index is 835. The van der Waals surface area contributed by atoms with Gasteiger partial charge in [0, 0.05) is 5.92 Å². The first kappa shape index (κ1) is 24.6. The molecule has 4 N–H and O–H groups in total. The summed E-state index contributed by atoms with van der Waals surface area (Å²) in [4.78, 5) is 8.13. The maximum absolute atomic E-state index is 5.94. The van der Waals surface area contributed by atoms with Gasteiger partial charge >= 0.3 is 0 Å². The van der Waals surface area contributed by atoms with Crippen LogP contribution in [0, 0.1) is 18.8 Å². The number of hydrogen-bond acceptors (Lipinski definition) is 6. The smallest absolute Gasteiger partial charge is 0.222 e. The first-order valence-electron chi connectivity index (χ1n) is 9.94. The van der Waals surface area contributed by atoms with Crippen LogP contribution in [0.3, 0.4) is 0 Å². The summed E-state index contributed by atoms with van der Waals surface area (Å²) < 4.78 is 5.68. The molecular formula is C23H34N4OS. The van der Waals surface area contributed by atoms with E-state index in [0.29, 0.717) is 23.0 Å². The van der Waals surface area contributed by atoms with Crippen LogP contribution in [-0.2, 0) is 0 Å². The van der Waals surface area contributed by atoms with E-state index in [0.717, 1.165) is 30.6 Å². The van der Waals surface area contributed by atoms with Crippen LogP contribution in [0.25, 0.3) is 0 Å². The molecular weight excluding hydrogens is 380 g/mol. The molecule has 2 rings (SSSR count). The van der Waals surface area contributed by atoms with Crippen molar-refractivity contribution in [3.05, 3.63) is 40.6 Å². The van der Waals surface area contributed by atoms with Crippen molar-refractivity contribution in [2.24, 2.45) is 0 Å². The maximum Gasteiger partial charge on any atom is 0.222 e. The van der Waals surface area contributed by atoms with Crippen molar-refractivity contribution in [1.82, 2.24) is 9.97 Å². The van der Waals surface area contributed by atoms with Gasteiger partial charge in [-0.15, -0.1) is 0 Å². The SMILES string of the molecule is CCCC(CC)c1ccc(C(C)C#Cc2c(C)nc(N)nc2N)cc1OC.CS. The van der Waals surface area contributed by atoms with Crippen LogP contribution < -0.4 is 16.2 Å². The highest BCUT2D eigenvalue weighted by Crippen LogP contribution is 2.34. The third-order valence-electron chi connectivity index (χ3n) is 4.88. The van der Waals surface area contributed by atoms with Crippen molar-refractivity contribution in [3.63, 3.8) is 0 Å². The summed E-state index contributed by atoms with van der Waals surface area (Å²) in [6.07, 6.45) is 5.13. The number of methoxy groups -OCH3 is 1. The van der Waals surface area contributed by atoms with Gasteiger partial charge < -0.3 is 16.2 Å². The van der Waals surface area contributed by atoms with Gasteiger partial charge in [-0.3, -0.25) is 0 Å². The van der Waals surface area contributed by atoms with Gasteiger partial charge in [-0.2, -0.15) is 17.6 Å². The average Bonchev–Trinajstić information content (AvgIpc) is 2.72. The second-order valence-corrected chi connectivity index (χ2v) is 6.81. The zero-order chi connectivity index (χ0) is 22.0. The highest BCUT2D eigenvalue weighted by atomic mass is 32.1. The monoisotopic (exact) mass is 414 g/mol. The Morgan fingerprint density at radius 3 is 2.41 bits per heavy atom. The zero-order valence-corrected chi connectivity index (χ0v) is 19.3. The average molecular weight is 415 g/mol. The predicted molar refractivity (Wildman–Crippen MR) is 127 cm³/mol. The van der Waals surface area contributed by atoms with Gasteiger partial charge in [0.2, 0.25) is 5.95 Å². The van der Waals surface area contributed by atoms with Gasteiger partial charge in [0.25, 0.3) is 0 Å². The van der Waals surface area contributed by atoms with Crippen LogP contribution in [0.5, 0.6) is 5.75 Å². The summed E-state index contributed by atoms with van der Waals surface area (Å²) in [6, 6.07) is 6.43. The minimum Gasteiger partial charge on any atom is -0.496 e. The van der Waals surface area contributed by atoms with Gasteiger partial charge in [0.05, 0.1) is 18.4 Å². The van der Waals surface area contributed by atoms with E-state index in [2.05, 4.69) is 73.4 Å². The van der Waals surface area contributed by atoms with Crippen LogP contribution in [0.15, 0.2) is 18.2 Å². The molecule has 0 aliphatic heterocycles. The van der Waals surface area contributed by atoms with Crippen LogP contribution >= 0.6 is 12.6 Å². The third-order valence-corrected chi connectivity index (χ3v) is 4.88. The van der Waals surface area contributed by atoms with Gasteiger partial charge in [-0.1, -0.05) is 44.2 Å². The summed E-state index contributed by atoms with van der Waals surface area (Å²) in [5.74, 6) is 8.34. The second-order valence-electron chi connectivity index (χ2n) is 6.81. The molecule has 1 aromatic heterocycles. The molecule has 2 aromatic rings. The summed E-state index contributed by atoms with van der Waals surface area (Å²) in [6.45, 7) is 8.34. The van der Waals surface area contributed by atoms with E-state index in [9.17, 15) is 0 Å². The van der Waals surface area contributed by atoms with Crippen molar-refractivity contribution in [2.75, 3.05) is 24.8 Å². The minimum absolute atomic E-state index is 0.0237. The lowest BCUT2D eigenvalue weighted by Gasteiger charge is -2.19. The molecule has 2 atom stereocenters. The molecule has 5 nitrogen and oxygen atoms in total. The molecule has 6 heteroatoms. The van der Waals surface area contributed by atoms with Crippen molar-refractivity contribution < 1.29 is 4.74 Å². The molecule has 0 amide bonds. The first-order valence-corrected chi connectivity index (χ1v) is 10.8. The first-order chi connectivity index (χ1) is 13.9. The summed E-state index contributed by atoms with van der Waals surface area (Å²) in [5, 5.41) is 0. The van der Waals surface area contributed by atoms with Crippen LogP contribution in [0.1, 0.15) is 74.3 Å². The topological polar surface area (TPSA) is 87.0 Å². The van der Waals surface area contributed by atoms with Gasteiger partial charge in [0.1, 0.15) is 11.6 Å². The molecule has 0 fully saturated rings. The highest BCUT2D eigenvalue weighted by molar-refractivity contribution is 7.79. The number of thiol groups is 1. The predicted octanol–water partition coefficient (Wildman–Crippen LogP) is 4.95. The van der Waals surface area contributed by atoms with Crippen molar-refractivity contribution in [2.45, 2.75) is 58.8 Å². The fourth-order valence-electron chi connectivity index (χ4n) is 3.30. The Morgan fingerprint density at radius 2 is 1.86 bits per heavy atom. The van der Waals surface area contributed by atoms with E-state index >= 15 is 0 Å². The molecule has 0 saturated heterocycles. The van der Waals surface area contributed by atoms with E-state index in [-0.39, 0.29) is 11.9 Å². The number of aryl methyl sites for hydroxylation is 1. The molecule has 0 spiro atoms. The Kier molecular flexibility index (Phi) is 10.4. The number of ether oxygens (including phenoxy) is 1. The number of benzene rings is 1. The van der Waals surface area contributed by atoms with E-state index in [1.54, 1.807) is 13.4 Å². The lowest BCUT2D eigenvalue weighted by Crippen LogP contribution is -2.05. The summed E-state index contributed by atoms with van der Waals surface area (Å²) >= 11 is 3.53. The van der Waals surface area contributed by atoms with E-state index in [4.69, 9.17) is 16.2 Å². The molecule has 1 aromatic carbocycles. The van der Waals surface area contributed by atoms with Crippen molar-refractivity contribution in [1.29, 1.82) is 0 Å². The highest BCUT2D eigenvalue weighted by Gasteiger charge is 2.15. The normalized spacial score (nSPS) is 12.1. The zero-order valence-electron chi connectivity index (χ0n) is 18.4. The van der Waals surface area contributed by atoms with E-state index in [1.165, 1.54) is 5.56 Å². The second kappa shape index (κ2) is 12.2. The number of aromatic nitrogens is 2. The number of hydrogen-bond donors (Lipinski definition) is 3. The largest absolute Gasteiger partial charge is 0.496 e. The Balaban J connectivity index is 0.00000204. The van der Waals surface area contributed by atoms with Crippen LogP contribution in [-0.4, -0.2) is 23.3 Å². The summed E-state index contributed by atoms with van der Waals surface area (Å²) in [7, 11) is 1.73. The molecule has 1 heterocycles. The quantitative estimate of drug-likeness (QED) is 0.460. The standard InChI is InChI=1S/C22H30N4O.CH4S/c1-6-8-16(7-2)19-12-10-17(13-20(19)27-5)14(3)9-11-18-15(4)25-22(24)26-21(18)23;1-2/h10,12-14,16H,6-8H2,1-5H3,(H4,23,24,25,26);2H,1H3. The molecule has 2 unspecified atom stereocenters. The molecule has 0 radical (unpaired) electrons. The number of nitrogens with zero attached hydrogens (tertiary/aromatic N) is 2. The summed E-state index contributed by atoms with van der Waals surface area (Å²) in [5.41, 5.74) is 15.3. The number of rotatable bonds is 6. The Morgan fingerprint density at radius 1 is 1.17 bits per heavy atom. The molecule has 0 aliphatic rings. The van der Waals surface area contributed by atoms with E-state index < -0.39 is 0 Å². The molecule has 29 heavy (non-hydrogen) atoms. The molecule has 0 aliphatic carbocycles.